The van der Waals surface area contributed by atoms with Crippen molar-refractivity contribution in [3.63, 3.8) is 0 Å². The van der Waals surface area contributed by atoms with Gasteiger partial charge in [-0.1, -0.05) is 17.7 Å². The van der Waals surface area contributed by atoms with E-state index in [9.17, 15) is 18.4 Å². The molecule has 0 aliphatic rings. The van der Waals surface area contributed by atoms with E-state index in [1.807, 2.05) is 6.92 Å². The Kier molecular flexibility index (Phi) is 6.09. The fourth-order valence-electron chi connectivity index (χ4n) is 2.34. The Morgan fingerprint density at radius 2 is 1.88 bits per heavy atom. The molecular formula is C18H17ClF2N2O2. The van der Waals surface area contributed by atoms with E-state index in [-0.39, 0.29) is 24.6 Å². The van der Waals surface area contributed by atoms with E-state index in [0.29, 0.717) is 16.8 Å². The smallest absolute Gasteiger partial charge is 0.226 e. The number of nitrogens with zero attached hydrogens (tertiary/aromatic N) is 1. The molecule has 0 saturated carbocycles. The molecule has 1 N–H and O–H groups in total. The molecule has 0 aromatic heterocycles. The standard InChI is InChI=1S/C18H17ClF2N2O2/c1-11-3-4-13(19)9-17(11)23(12(2)24)8-7-18(25)22-16-6-5-14(20)10-15(16)21/h3-6,9-10H,7-8H2,1-2H3,(H,22,25). The molecule has 0 fully saturated rings. The van der Waals surface area contributed by atoms with Gasteiger partial charge in [-0.05, 0) is 36.8 Å². The van der Waals surface area contributed by atoms with Gasteiger partial charge in [0.15, 0.2) is 0 Å². The van der Waals surface area contributed by atoms with Gasteiger partial charge in [0.2, 0.25) is 11.8 Å². The zero-order valence-electron chi connectivity index (χ0n) is 13.8. The highest BCUT2D eigenvalue weighted by molar-refractivity contribution is 6.31. The van der Waals surface area contributed by atoms with Crippen LogP contribution in [0.5, 0.6) is 0 Å². The van der Waals surface area contributed by atoms with Crippen molar-refractivity contribution in [3.05, 3.63) is 58.6 Å². The first-order valence-electron chi connectivity index (χ1n) is 7.57. The lowest BCUT2D eigenvalue weighted by atomic mass is 10.1. The molecule has 132 valence electrons. The van der Waals surface area contributed by atoms with Crippen molar-refractivity contribution in [2.45, 2.75) is 20.3 Å². The topological polar surface area (TPSA) is 49.4 Å². The largest absolute Gasteiger partial charge is 0.324 e. The molecule has 2 aromatic rings. The summed E-state index contributed by atoms with van der Waals surface area (Å²) in [6, 6.07) is 8.02. The predicted octanol–water partition coefficient (Wildman–Crippen LogP) is 4.31. The molecule has 25 heavy (non-hydrogen) atoms. The SMILES string of the molecule is CC(=O)N(CCC(=O)Nc1ccc(F)cc1F)c1cc(Cl)ccc1C. The second kappa shape index (κ2) is 8.07. The first-order valence-corrected chi connectivity index (χ1v) is 7.95. The fourth-order valence-corrected chi connectivity index (χ4v) is 2.50. The third-order valence-electron chi connectivity index (χ3n) is 3.61. The zero-order valence-corrected chi connectivity index (χ0v) is 14.5. The molecule has 0 unspecified atom stereocenters. The maximum absolute atomic E-state index is 13.6. The van der Waals surface area contributed by atoms with Crippen molar-refractivity contribution < 1.29 is 18.4 Å². The van der Waals surface area contributed by atoms with Crippen molar-refractivity contribution in [2.24, 2.45) is 0 Å². The summed E-state index contributed by atoms with van der Waals surface area (Å²) in [7, 11) is 0. The second-order valence-corrected chi connectivity index (χ2v) is 5.96. The van der Waals surface area contributed by atoms with Crippen molar-refractivity contribution >= 4 is 34.8 Å². The Balaban J connectivity index is 2.07. The summed E-state index contributed by atoms with van der Waals surface area (Å²) >= 11 is 5.98. The van der Waals surface area contributed by atoms with Gasteiger partial charge in [-0.25, -0.2) is 8.78 Å². The minimum atomic E-state index is -0.859. The lowest BCUT2D eigenvalue weighted by molar-refractivity contribution is -0.117. The lowest BCUT2D eigenvalue weighted by Crippen LogP contribution is -2.32. The van der Waals surface area contributed by atoms with Gasteiger partial charge in [0.25, 0.3) is 0 Å². The van der Waals surface area contributed by atoms with Crippen LogP contribution in [0.4, 0.5) is 20.2 Å². The lowest BCUT2D eigenvalue weighted by Gasteiger charge is -2.23. The van der Waals surface area contributed by atoms with E-state index in [1.54, 1.807) is 18.2 Å². The first-order chi connectivity index (χ1) is 11.8. The fraction of sp³-hybridized carbons (Fsp3) is 0.222. The van der Waals surface area contributed by atoms with E-state index >= 15 is 0 Å². The van der Waals surface area contributed by atoms with Crippen molar-refractivity contribution in [2.75, 3.05) is 16.8 Å². The summed E-state index contributed by atoms with van der Waals surface area (Å²) in [6.45, 7) is 3.32. The van der Waals surface area contributed by atoms with Crippen LogP contribution in [-0.4, -0.2) is 18.4 Å². The van der Waals surface area contributed by atoms with Gasteiger partial charge in [-0.2, -0.15) is 0 Å². The summed E-state index contributed by atoms with van der Waals surface area (Å²) in [6.07, 6.45) is -0.0532. The number of amides is 2. The molecule has 0 spiro atoms. The quantitative estimate of drug-likeness (QED) is 0.857. The van der Waals surface area contributed by atoms with Gasteiger partial charge in [-0.3, -0.25) is 9.59 Å². The number of carbonyl (C=O) groups excluding carboxylic acids is 2. The van der Waals surface area contributed by atoms with Crippen molar-refractivity contribution in [1.29, 1.82) is 0 Å². The van der Waals surface area contributed by atoms with Crippen LogP contribution in [0.15, 0.2) is 36.4 Å². The van der Waals surface area contributed by atoms with Crippen LogP contribution in [0.25, 0.3) is 0 Å². The molecule has 0 aliphatic carbocycles. The van der Waals surface area contributed by atoms with Crippen molar-refractivity contribution in [1.82, 2.24) is 0 Å². The third kappa shape index (κ3) is 5.00. The van der Waals surface area contributed by atoms with E-state index in [2.05, 4.69) is 5.32 Å². The van der Waals surface area contributed by atoms with Crippen LogP contribution in [0.1, 0.15) is 18.9 Å². The van der Waals surface area contributed by atoms with Gasteiger partial charge in [-0.15, -0.1) is 0 Å². The molecular weight excluding hydrogens is 350 g/mol. The molecule has 0 bridgehead atoms. The zero-order chi connectivity index (χ0) is 18.6. The highest BCUT2D eigenvalue weighted by Gasteiger charge is 2.16. The molecule has 0 atom stereocenters. The van der Waals surface area contributed by atoms with Gasteiger partial charge < -0.3 is 10.2 Å². The molecule has 0 aliphatic heterocycles. The molecule has 7 heteroatoms. The number of anilines is 2. The molecule has 2 amide bonds. The molecule has 0 saturated heterocycles. The Morgan fingerprint density at radius 3 is 2.52 bits per heavy atom. The monoisotopic (exact) mass is 366 g/mol. The Bertz CT molecular complexity index is 812. The number of rotatable bonds is 5. The molecule has 4 nitrogen and oxygen atoms in total. The summed E-state index contributed by atoms with van der Waals surface area (Å²) in [4.78, 5) is 25.4. The number of carbonyl (C=O) groups is 2. The number of hydrogen-bond acceptors (Lipinski definition) is 2. The molecule has 0 radical (unpaired) electrons. The van der Waals surface area contributed by atoms with E-state index in [4.69, 9.17) is 11.6 Å². The maximum atomic E-state index is 13.6. The maximum Gasteiger partial charge on any atom is 0.226 e. The highest BCUT2D eigenvalue weighted by Crippen LogP contribution is 2.25. The number of hydrogen-bond donors (Lipinski definition) is 1. The normalized spacial score (nSPS) is 10.4. The van der Waals surface area contributed by atoms with Crippen LogP contribution >= 0.6 is 11.6 Å². The third-order valence-corrected chi connectivity index (χ3v) is 3.84. The first kappa shape index (κ1) is 18.9. The summed E-state index contributed by atoms with van der Waals surface area (Å²) in [5, 5.41) is 2.84. The number of benzene rings is 2. The van der Waals surface area contributed by atoms with Crippen LogP contribution in [0, 0.1) is 18.6 Å². The van der Waals surface area contributed by atoms with Crippen LogP contribution < -0.4 is 10.2 Å². The van der Waals surface area contributed by atoms with E-state index in [0.717, 1.165) is 17.7 Å². The average Bonchev–Trinajstić information content (AvgIpc) is 2.53. The van der Waals surface area contributed by atoms with Crippen LogP contribution in [-0.2, 0) is 9.59 Å². The van der Waals surface area contributed by atoms with E-state index < -0.39 is 17.5 Å². The highest BCUT2D eigenvalue weighted by atomic mass is 35.5. The second-order valence-electron chi connectivity index (χ2n) is 5.52. The van der Waals surface area contributed by atoms with E-state index in [1.165, 1.54) is 11.8 Å². The van der Waals surface area contributed by atoms with Gasteiger partial charge >= 0.3 is 0 Å². The van der Waals surface area contributed by atoms with Gasteiger partial charge in [0.1, 0.15) is 11.6 Å². The van der Waals surface area contributed by atoms with Gasteiger partial charge in [0, 0.05) is 36.7 Å². The average molecular weight is 367 g/mol. The van der Waals surface area contributed by atoms with Gasteiger partial charge in [0.05, 0.1) is 5.69 Å². The van der Waals surface area contributed by atoms with Crippen LogP contribution in [0.3, 0.4) is 0 Å². The Labute approximate surface area is 149 Å². The minimum absolute atomic E-state index is 0.0532. The number of nitrogens with one attached hydrogen (secondary N) is 1. The molecule has 0 heterocycles. The minimum Gasteiger partial charge on any atom is -0.324 e. The number of halogens is 3. The summed E-state index contributed by atoms with van der Waals surface area (Å²) in [5.74, 6) is -2.32. The molecule has 2 aromatic carbocycles. The van der Waals surface area contributed by atoms with Crippen LogP contribution in [0.2, 0.25) is 5.02 Å². The Morgan fingerprint density at radius 1 is 1.16 bits per heavy atom. The Hall–Kier alpha value is -2.47. The molecule has 2 rings (SSSR count). The number of aryl methyl sites for hydroxylation is 1. The van der Waals surface area contributed by atoms with Crippen molar-refractivity contribution in [3.8, 4) is 0 Å². The summed E-state index contributed by atoms with van der Waals surface area (Å²) < 4.78 is 26.4. The summed E-state index contributed by atoms with van der Waals surface area (Å²) in [5.41, 5.74) is 1.34. The predicted molar refractivity (Wildman–Crippen MR) is 93.8 cm³/mol.